The van der Waals surface area contributed by atoms with Crippen LogP contribution in [0.25, 0.3) is 0 Å². The normalized spacial score (nSPS) is 19.4. The Morgan fingerprint density at radius 1 is 1.14 bits per heavy atom. The predicted octanol–water partition coefficient (Wildman–Crippen LogP) is 3.20. The Hall–Kier alpha value is -3.33. The Morgan fingerprint density at radius 2 is 1.89 bits per heavy atom. The van der Waals surface area contributed by atoms with Crippen LogP contribution in [0, 0.1) is 5.41 Å². The molecule has 0 saturated carbocycles. The van der Waals surface area contributed by atoms with Gasteiger partial charge in [0.1, 0.15) is 23.3 Å². The zero-order valence-corrected chi connectivity index (χ0v) is 21.4. The highest BCUT2D eigenvalue weighted by Crippen LogP contribution is 2.39. The lowest BCUT2D eigenvalue weighted by Gasteiger charge is -2.44. The molecule has 0 bridgehead atoms. The summed E-state index contributed by atoms with van der Waals surface area (Å²) >= 11 is 0. The van der Waals surface area contributed by atoms with Crippen LogP contribution >= 0.6 is 0 Å². The molecule has 2 aliphatic heterocycles. The van der Waals surface area contributed by atoms with Crippen LogP contribution in [-0.2, 0) is 20.9 Å². The van der Waals surface area contributed by atoms with E-state index in [0.29, 0.717) is 49.4 Å². The van der Waals surface area contributed by atoms with Crippen molar-refractivity contribution in [2.45, 2.75) is 58.3 Å². The Bertz CT molecular complexity index is 1080. The molecule has 4 rings (SSSR count). The number of carbonyl (C=O) groups excluding carboxylic acids is 3. The van der Waals surface area contributed by atoms with Crippen molar-refractivity contribution >= 4 is 17.7 Å². The van der Waals surface area contributed by atoms with Gasteiger partial charge in [0.2, 0.25) is 11.8 Å². The highest BCUT2D eigenvalue weighted by atomic mass is 16.5. The lowest BCUT2D eigenvalue weighted by atomic mass is 9.90. The SMILES string of the molecule is COc1cccc(C(=O)N2C(C(=O)NCc3ccco3)COC23CCN(C(=O)CC(C)(C)C)CC3)c1. The molecule has 9 nitrogen and oxygen atoms in total. The van der Waals surface area contributed by atoms with Gasteiger partial charge >= 0.3 is 0 Å². The van der Waals surface area contributed by atoms with Gasteiger partial charge in [-0.2, -0.15) is 0 Å². The molecule has 9 heteroatoms. The highest BCUT2D eigenvalue weighted by molar-refractivity contribution is 5.98. The van der Waals surface area contributed by atoms with Gasteiger partial charge in [-0.25, -0.2) is 0 Å². The molecular formula is C27H35N3O6. The fraction of sp³-hybridized carbons (Fsp3) is 0.519. The van der Waals surface area contributed by atoms with E-state index in [1.54, 1.807) is 54.7 Å². The molecule has 1 spiro atoms. The molecule has 0 radical (unpaired) electrons. The van der Waals surface area contributed by atoms with Gasteiger partial charge in [-0.1, -0.05) is 26.8 Å². The number of carbonyl (C=O) groups is 3. The summed E-state index contributed by atoms with van der Waals surface area (Å²) in [4.78, 5) is 43.3. The molecule has 3 heterocycles. The standard InChI is InChI=1S/C27H35N3O6/c1-26(2,3)16-23(31)29-12-10-27(11-13-29)30(25(33)19-7-5-8-20(15-19)34-4)22(18-36-27)24(32)28-17-21-9-6-14-35-21/h5-9,14-15,22H,10-13,16-18H2,1-4H3,(H,28,32). The second-order valence-corrected chi connectivity index (χ2v) is 10.6. The van der Waals surface area contributed by atoms with Crippen LogP contribution in [0.3, 0.4) is 0 Å². The third-order valence-electron chi connectivity index (χ3n) is 6.69. The first-order chi connectivity index (χ1) is 17.1. The van der Waals surface area contributed by atoms with E-state index in [1.807, 2.05) is 25.7 Å². The number of rotatable bonds is 6. The number of likely N-dealkylation sites (tertiary alicyclic amines) is 1. The average Bonchev–Trinajstić information content (AvgIpc) is 3.50. The quantitative estimate of drug-likeness (QED) is 0.658. The number of furan rings is 1. The fourth-order valence-electron chi connectivity index (χ4n) is 4.84. The van der Waals surface area contributed by atoms with Crippen molar-refractivity contribution < 1.29 is 28.3 Å². The zero-order valence-electron chi connectivity index (χ0n) is 21.4. The van der Waals surface area contributed by atoms with Crippen LogP contribution in [0.2, 0.25) is 0 Å². The Morgan fingerprint density at radius 3 is 2.53 bits per heavy atom. The maximum Gasteiger partial charge on any atom is 0.257 e. The first-order valence-electron chi connectivity index (χ1n) is 12.3. The van der Waals surface area contributed by atoms with Crippen molar-refractivity contribution in [3.63, 3.8) is 0 Å². The summed E-state index contributed by atoms with van der Waals surface area (Å²) in [6.45, 7) is 7.32. The summed E-state index contributed by atoms with van der Waals surface area (Å²) in [7, 11) is 1.54. The molecule has 2 saturated heterocycles. The third kappa shape index (κ3) is 5.56. The van der Waals surface area contributed by atoms with Crippen molar-refractivity contribution in [2.24, 2.45) is 5.41 Å². The van der Waals surface area contributed by atoms with Gasteiger partial charge < -0.3 is 24.1 Å². The highest BCUT2D eigenvalue weighted by Gasteiger charge is 2.54. The van der Waals surface area contributed by atoms with Crippen molar-refractivity contribution in [1.82, 2.24) is 15.1 Å². The van der Waals surface area contributed by atoms with Crippen molar-refractivity contribution in [3.05, 3.63) is 54.0 Å². The molecule has 194 valence electrons. The topological polar surface area (TPSA) is 101 Å². The van der Waals surface area contributed by atoms with Gasteiger partial charge in [0.25, 0.3) is 5.91 Å². The first kappa shape index (κ1) is 25.8. The maximum atomic E-state index is 13.9. The Labute approximate surface area is 211 Å². The van der Waals surface area contributed by atoms with Gasteiger partial charge in [-0.15, -0.1) is 0 Å². The monoisotopic (exact) mass is 497 g/mol. The van der Waals surface area contributed by atoms with Gasteiger partial charge in [0.05, 0.1) is 26.5 Å². The minimum absolute atomic E-state index is 0.0790. The molecule has 2 aliphatic rings. The molecule has 1 aromatic carbocycles. The van der Waals surface area contributed by atoms with Gasteiger partial charge in [-0.3, -0.25) is 19.3 Å². The van der Waals surface area contributed by atoms with E-state index >= 15 is 0 Å². The molecule has 2 aromatic rings. The number of hydrogen-bond acceptors (Lipinski definition) is 6. The van der Waals surface area contributed by atoms with Gasteiger partial charge in [0, 0.05) is 37.9 Å². The first-order valence-corrected chi connectivity index (χ1v) is 12.3. The fourth-order valence-corrected chi connectivity index (χ4v) is 4.84. The number of amides is 3. The van der Waals surface area contributed by atoms with Crippen LogP contribution in [0.5, 0.6) is 5.75 Å². The molecule has 3 amide bonds. The van der Waals surface area contributed by atoms with E-state index in [1.165, 1.54) is 0 Å². The summed E-state index contributed by atoms with van der Waals surface area (Å²) in [5.74, 6) is 0.642. The molecule has 1 unspecified atom stereocenters. The Kier molecular flexibility index (Phi) is 7.40. The van der Waals surface area contributed by atoms with Crippen LogP contribution in [0.1, 0.15) is 56.2 Å². The summed E-state index contributed by atoms with van der Waals surface area (Å²) < 4.78 is 16.9. The lowest BCUT2D eigenvalue weighted by molar-refractivity contribution is -0.145. The number of hydrogen-bond donors (Lipinski definition) is 1. The molecule has 1 aromatic heterocycles. The number of piperidine rings is 1. The van der Waals surface area contributed by atoms with E-state index < -0.39 is 11.8 Å². The van der Waals surface area contributed by atoms with Gasteiger partial charge in [0.15, 0.2) is 0 Å². The zero-order chi connectivity index (χ0) is 25.9. The van der Waals surface area contributed by atoms with E-state index in [4.69, 9.17) is 13.9 Å². The molecule has 1 N–H and O–H groups in total. The summed E-state index contributed by atoms with van der Waals surface area (Å²) in [6, 6.07) is 9.59. The molecule has 1 atom stereocenters. The second kappa shape index (κ2) is 10.3. The minimum atomic E-state index is -0.967. The van der Waals surface area contributed by atoms with E-state index in [-0.39, 0.29) is 36.3 Å². The largest absolute Gasteiger partial charge is 0.497 e. The van der Waals surface area contributed by atoms with Gasteiger partial charge in [-0.05, 0) is 35.7 Å². The maximum absolute atomic E-state index is 13.9. The summed E-state index contributed by atoms with van der Waals surface area (Å²) in [6.07, 6.45) is 2.86. The minimum Gasteiger partial charge on any atom is -0.497 e. The van der Waals surface area contributed by atoms with Crippen LogP contribution in [0.15, 0.2) is 47.1 Å². The summed E-state index contributed by atoms with van der Waals surface area (Å²) in [5.41, 5.74) is -0.665. The smallest absolute Gasteiger partial charge is 0.257 e. The van der Waals surface area contributed by atoms with Crippen LogP contribution in [0.4, 0.5) is 0 Å². The number of ether oxygens (including phenoxy) is 2. The molecular weight excluding hydrogens is 462 g/mol. The summed E-state index contributed by atoms with van der Waals surface area (Å²) in [5, 5.41) is 2.86. The number of nitrogens with one attached hydrogen (secondary N) is 1. The number of benzene rings is 1. The van der Waals surface area contributed by atoms with E-state index in [2.05, 4.69) is 5.32 Å². The number of methoxy groups -OCH3 is 1. The van der Waals surface area contributed by atoms with E-state index in [0.717, 1.165) is 0 Å². The molecule has 36 heavy (non-hydrogen) atoms. The van der Waals surface area contributed by atoms with Crippen LogP contribution < -0.4 is 10.1 Å². The van der Waals surface area contributed by atoms with Crippen LogP contribution in [-0.4, -0.2) is 66.1 Å². The number of nitrogens with zero attached hydrogens (tertiary/aromatic N) is 2. The van der Waals surface area contributed by atoms with Crippen molar-refractivity contribution in [2.75, 3.05) is 26.8 Å². The van der Waals surface area contributed by atoms with E-state index in [9.17, 15) is 14.4 Å². The van der Waals surface area contributed by atoms with Crippen molar-refractivity contribution in [3.8, 4) is 5.75 Å². The predicted molar refractivity (Wildman–Crippen MR) is 132 cm³/mol. The molecule has 2 fully saturated rings. The third-order valence-corrected chi connectivity index (χ3v) is 6.69. The average molecular weight is 498 g/mol. The molecule has 0 aliphatic carbocycles. The van der Waals surface area contributed by atoms with Crippen molar-refractivity contribution in [1.29, 1.82) is 0 Å². The lowest BCUT2D eigenvalue weighted by Crippen LogP contribution is -2.59. The second-order valence-electron chi connectivity index (χ2n) is 10.6. The Balaban J connectivity index is 1.56.